The first kappa shape index (κ1) is 12.5. The van der Waals surface area contributed by atoms with Gasteiger partial charge in [-0.25, -0.2) is 0 Å². The SMILES string of the molecule is CC12C=CC=CC1c1cc(Br)c3oc4ccccc4c3c1O2. The van der Waals surface area contributed by atoms with Crippen molar-refractivity contribution in [3.8, 4) is 5.75 Å². The van der Waals surface area contributed by atoms with Crippen molar-refractivity contribution in [3.05, 3.63) is 64.7 Å². The molecule has 0 N–H and O–H groups in total. The van der Waals surface area contributed by atoms with Crippen molar-refractivity contribution in [1.82, 2.24) is 0 Å². The Balaban J connectivity index is 1.94. The van der Waals surface area contributed by atoms with Gasteiger partial charge in [-0.05, 0) is 41.1 Å². The molecule has 5 rings (SSSR count). The van der Waals surface area contributed by atoms with E-state index in [2.05, 4.69) is 59.3 Å². The normalized spacial score (nSPS) is 25.5. The van der Waals surface area contributed by atoms with Gasteiger partial charge in [0.15, 0.2) is 5.58 Å². The molecular weight excluding hydrogens is 340 g/mol. The number of halogens is 1. The molecule has 0 saturated carbocycles. The van der Waals surface area contributed by atoms with E-state index in [0.717, 1.165) is 32.2 Å². The summed E-state index contributed by atoms with van der Waals surface area (Å²) in [6, 6.07) is 10.3. The number of hydrogen-bond acceptors (Lipinski definition) is 2. The van der Waals surface area contributed by atoms with Crippen LogP contribution in [0.4, 0.5) is 0 Å². The van der Waals surface area contributed by atoms with Crippen LogP contribution in [0.3, 0.4) is 0 Å². The van der Waals surface area contributed by atoms with Gasteiger partial charge >= 0.3 is 0 Å². The second-order valence-electron chi connectivity index (χ2n) is 6.09. The number of benzene rings is 2. The molecule has 1 aliphatic carbocycles. The van der Waals surface area contributed by atoms with Crippen molar-refractivity contribution in [2.75, 3.05) is 0 Å². The minimum Gasteiger partial charge on any atom is -0.481 e. The molecule has 2 atom stereocenters. The highest BCUT2D eigenvalue weighted by Gasteiger charge is 2.44. The molecule has 0 fully saturated rings. The Morgan fingerprint density at radius 2 is 2.05 bits per heavy atom. The molecule has 1 aliphatic heterocycles. The lowest BCUT2D eigenvalue weighted by atomic mass is 9.82. The first-order chi connectivity index (χ1) is 10.7. The van der Waals surface area contributed by atoms with Gasteiger partial charge in [0, 0.05) is 16.9 Å². The fraction of sp³-hybridized carbons (Fsp3) is 0.158. The molecule has 3 aromatic rings. The van der Waals surface area contributed by atoms with Crippen LogP contribution in [-0.4, -0.2) is 5.60 Å². The zero-order chi connectivity index (χ0) is 14.9. The maximum absolute atomic E-state index is 6.41. The molecule has 0 spiro atoms. The van der Waals surface area contributed by atoms with Crippen LogP contribution in [0.15, 0.2) is 63.5 Å². The molecular formula is C19H13BrO2. The van der Waals surface area contributed by atoms with E-state index < -0.39 is 0 Å². The number of para-hydroxylation sites is 1. The smallest absolute Gasteiger partial charge is 0.153 e. The van der Waals surface area contributed by atoms with Gasteiger partial charge in [-0.2, -0.15) is 0 Å². The Labute approximate surface area is 136 Å². The van der Waals surface area contributed by atoms with Gasteiger partial charge in [0.25, 0.3) is 0 Å². The van der Waals surface area contributed by atoms with Crippen LogP contribution in [0.2, 0.25) is 0 Å². The second-order valence-corrected chi connectivity index (χ2v) is 6.94. The molecule has 22 heavy (non-hydrogen) atoms. The van der Waals surface area contributed by atoms with Gasteiger partial charge in [-0.1, -0.05) is 36.4 Å². The molecule has 0 amide bonds. The topological polar surface area (TPSA) is 22.4 Å². The summed E-state index contributed by atoms with van der Waals surface area (Å²) in [5, 5.41) is 2.17. The lowest BCUT2D eigenvalue weighted by Gasteiger charge is -2.27. The average Bonchev–Trinajstić information content (AvgIpc) is 3.03. The van der Waals surface area contributed by atoms with E-state index in [9.17, 15) is 0 Å². The fourth-order valence-electron chi connectivity index (χ4n) is 3.64. The monoisotopic (exact) mass is 352 g/mol. The van der Waals surface area contributed by atoms with Crippen molar-refractivity contribution < 1.29 is 9.15 Å². The Morgan fingerprint density at radius 1 is 1.18 bits per heavy atom. The third kappa shape index (κ3) is 1.45. The van der Waals surface area contributed by atoms with Crippen LogP contribution in [-0.2, 0) is 0 Å². The lowest BCUT2D eigenvalue weighted by molar-refractivity contribution is 0.157. The number of rotatable bonds is 0. The van der Waals surface area contributed by atoms with Crippen LogP contribution in [0.5, 0.6) is 5.75 Å². The highest BCUT2D eigenvalue weighted by Crippen LogP contribution is 2.53. The van der Waals surface area contributed by atoms with Crippen LogP contribution < -0.4 is 4.74 Å². The maximum atomic E-state index is 6.41. The summed E-state index contributed by atoms with van der Waals surface area (Å²) in [5.41, 5.74) is 2.65. The van der Waals surface area contributed by atoms with Crippen LogP contribution in [0.25, 0.3) is 21.9 Å². The minimum atomic E-state index is -0.316. The van der Waals surface area contributed by atoms with E-state index in [1.54, 1.807) is 0 Å². The highest BCUT2D eigenvalue weighted by atomic mass is 79.9. The summed E-state index contributed by atoms with van der Waals surface area (Å²) in [7, 11) is 0. The van der Waals surface area contributed by atoms with Crippen LogP contribution in [0.1, 0.15) is 18.4 Å². The number of fused-ring (bicyclic) bond motifs is 7. The Kier molecular flexibility index (Phi) is 2.31. The molecule has 0 radical (unpaired) electrons. The number of allylic oxidation sites excluding steroid dienone is 2. The summed E-state index contributed by atoms with van der Waals surface area (Å²) in [4.78, 5) is 0. The Morgan fingerprint density at radius 3 is 2.95 bits per heavy atom. The van der Waals surface area contributed by atoms with E-state index in [4.69, 9.17) is 9.15 Å². The zero-order valence-corrected chi connectivity index (χ0v) is 13.6. The molecule has 108 valence electrons. The maximum Gasteiger partial charge on any atom is 0.153 e. The minimum absolute atomic E-state index is 0.238. The number of hydrogen-bond donors (Lipinski definition) is 0. The lowest BCUT2D eigenvalue weighted by Crippen LogP contribution is -2.32. The first-order valence-electron chi connectivity index (χ1n) is 7.36. The molecule has 3 heteroatoms. The summed E-state index contributed by atoms with van der Waals surface area (Å²) in [5.74, 6) is 1.19. The van der Waals surface area contributed by atoms with Crippen molar-refractivity contribution in [2.45, 2.75) is 18.4 Å². The molecule has 2 nitrogen and oxygen atoms in total. The van der Waals surface area contributed by atoms with Gasteiger partial charge in [-0.3, -0.25) is 0 Å². The molecule has 1 aromatic heterocycles. The van der Waals surface area contributed by atoms with Crippen molar-refractivity contribution >= 4 is 37.9 Å². The van der Waals surface area contributed by atoms with Crippen LogP contribution >= 0.6 is 15.9 Å². The van der Waals surface area contributed by atoms with E-state index in [1.165, 1.54) is 5.56 Å². The summed E-state index contributed by atoms with van der Waals surface area (Å²) in [6.07, 6.45) is 8.50. The van der Waals surface area contributed by atoms with E-state index in [1.807, 2.05) is 18.2 Å². The molecule has 0 saturated heterocycles. The number of ether oxygens (including phenoxy) is 1. The predicted octanol–water partition coefficient (Wildman–Crippen LogP) is 5.71. The van der Waals surface area contributed by atoms with Gasteiger partial charge in [0.05, 0.1) is 9.86 Å². The first-order valence-corrected chi connectivity index (χ1v) is 8.15. The molecule has 2 heterocycles. The molecule has 2 unspecified atom stereocenters. The third-order valence-electron chi connectivity index (χ3n) is 4.70. The van der Waals surface area contributed by atoms with Gasteiger partial charge in [-0.15, -0.1) is 0 Å². The second kappa shape index (κ2) is 4.05. The third-order valence-corrected chi connectivity index (χ3v) is 5.29. The largest absolute Gasteiger partial charge is 0.481 e. The highest BCUT2D eigenvalue weighted by molar-refractivity contribution is 9.10. The molecule has 2 aliphatic rings. The van der Waals surface area contributed by atoms with Gasteiger partial charge in [0.2, 0.25) is 0 Å². The van der Waals surface area contributed by atoms with Gasteiger partial charge < -0.3 is 9.15 Å². The average molecular weight is 353 g/mol. The van der Waals surface area contributed by atoms with E-state index in [-0.39, 0.29) is 11.5 Å². The molecule has 0 bridgehead atoms. The van der Waals surface area contributed by atoms with Crippen molar-refractivity contribution in [2.24, 2.45) is 0 Å². The predicted molar refractivity (Wildman–Crippen MR) is 91.5 cm³/mol. The number of furan rings is 1. The van der Waals surface area contributed by atoms with Crippen LogP contribution in [0, 0.1) is 0 Å². The Bertz CT molecular complexity index is 996. The quantitative estimate of drug-likeness (QED) is 0.517. The summed E-state index contributed by atoms with van der Waals surface area (Å²) in [6.45, 7) is 2.14. The standard InChI is InChI=1S/C19H13BrO2/c1-19-9-5-4-7-13(19)12-10-14(20)18-16(17(12)22-19)11-6-2-3-8-15(11)21-18/h2-10,13H,1H3. The Hall–Kier alpha value is -2.00. The summed E-state index contributed by atoms with van der Waals surface area (Å²) >= 11 is 3.67. The molecule has 2 aromatic carbocycles. The zero-order valence-electron chi connectivity index (χ0n) is 12.0. The fourth-order valence-corrected chi connectivity index (χ4v) is 4.16. The van der Waals surface area contributed by atoms with Crippen molar-refractivity contribution in [1.29, 1.82) is 0 Å². The van der Waals surface area contributed by atoms with E-state index in [0.29, 0.717) is 0 Å². The van der Waals surface area contributed by atoms with Crippen molar-refractivity contribution in [3.63, 3.8) is 0 Å². The van der Waals surface area contributed by atoms with E-state index >= 15 is 0 Å². The van der Waals surface area contributed by atoms with Gasteiger partial charge in [0.1, 0.15) is 16.9 Å². The summed E-state index contributed by atoms with van der Waals surface area (Å²) < 4.78 is 13.4.